The van der Waals surface area contributed by atoms with Crippen molar-refractivity contribution in [2.45, 2.75) is 30.5 Å². The highest BCUT2D eigenvalue weighted by Gasteiger charge is 2.51. The third-order valence-electron chi connectivity index (χ3n) is 4.68. The zero-order valence-electron chi connectivity index (χ0n) is 12.8. The van der Waals surface area contributed by atoms with E-state index in [1.54, 1.807) is 0 Å². The molecule has 0 radical (unpaired) electrons. The van der Waals surface area contributed by atoms with Gasteiger partial charge in [0.15, 0.2) is 0 Å². The van der Waals surface area contributed by atoms with Gasteiger partial charge < -0.3 is 15.2 Å². The maximum absolute atomic E-state index is 10.6. The number of hydrogen-bond acceptors (Lipinski definition) is 3. The molecule has 1 aliphatic carbocycles. The van der Waals surface area contributed by atoms with Crippen LogP contribution in [-0.4, -0.2) is 43.6 Å². The van der Waals surface area contributed by atoms with Gasteiger partial charge in [-0.05, 0) is 30.9 Å². The predicted molar refractivity (Wildman–Crippen MR) is 78.2 cm³/mol. The monoisotopic (exact) mass is 331 g/mol. The lowest BCUT2D eigenvalue weighted by molar-refractivity contribution is -0.192. The fraction of sp³-hybridized carbons (Fsp3) is 0.562. The molecule has 0 bridgehead atoms. The fourth-order valence-electron chi connectivity index (χ4n) is 3.57. The van der Waals surface area contributed by atoms with Crippen LogP contribution in [0.3, 0.4) is 0 Å². The van der Waals surface area contributed by atoms with Gasteiger partial charge in [-0.25, -0.2) is 4.79 Å². The third kappa shape index (κ3) is 3.84. The van der Waals surface area contributed by atoms with E-state index in [0.29, 0.717) is 11.5 Å². The molecule has 1 aromatic carbocycles. The number of carboxylic acid groups (broad SMARTS) is 1. The number of carboxylic acids is 1. The summed E-state index contributed by atoms with van der Waals surface area (Å²) in [4.78, 5) is 8.90. The van der Waals surface area contributed by atoms with Crippen molar-refractivity contribution in [1.29, 1.82) is 0 Å². The van der Waals surface area contributed by atoms with E-state index in [2.05, 4.69) is 35.6 Å². The van der Waals surface area contributed by atoms with Gasteiger partial charge in [-0.2, -0.15) is 13.2 Å². The van der Waals surface area contributed by atoms with E-state index in [1.165, 1.54) is 18.4 Å². The number of carbonyl (C=O) groups is 1. The first-order chi connectivity index (χ1) is 10.8. The van der Waals surface area contributed by atoms with Crippen molar-refractivity contribution in [3.05, 3.63) is 35.9 Å². The van der Waals surface area contributed by atoms with Crippen LogP contribution in [0.2, 0.25) is 0 Å². The molecule has 0 amide bonds. The van der Waals surface area contributed by atoms with Gasteiger partial charge in [-0.3, -0.25) is 0 Å². The standard InChI is InChI=1S/C14H19NO.C2HF3O2/c1-16-13-7-12-9-15-10-14(12,8-13)11-5-3-2-4-6-11;3-2(4,5)1(6)7/h2-6,12-13,15H,7-10H2,1H3;(H,6,7)/t12-,13-,14+;/m1./s1. The van der Waals surface area contributed by atoms with E-state index in [4.69, 9.17) is 14.6 Å². The van der Waals surface area contributed by atoms with Crippen LogP contribution in [0.25, 0.3) is 0 Å². The topological polar surface area (TPSA) is 58.6 Å². The minimum Gasteiger partial charge on any atom is -0.475 e. The Balaban J connectivity index is 0.000000236. The average molecular weight is 331 g/mol. The van der Waals surface area contributed by atoms with E-state index in [-0.39, 0.29) is 0 Å². The minimum absolute atomic E-state index is 0.335. The molecule has 1 saturated heterocycles. The van der Waals surface area contributed by atoms with E-state index >= 15 is 0 Å². The zero-order valence-corrected chi connectivity index (χ0v) is 12.8. The second-order valence-electron chi connectivity index (χ2n) is 5.95. The Kier molecular flexibility index (Phi) is 5.31. The van der Waals surface area contributed by atoms with Crippen LogP contribution < -0.4 is 5.32 Å². The Morgan fingerprint density at radius 1 is 1.35 bits per heavy atom. The molecule has 1 aliphatic heterocycles. The number of fused-ring (bicyclic) bond motifs is 1. The molecule has 0 unspecified atom stereocenters. The van der Waals surface area contributed by atoms with E-state index < -0.39 is 12.1 Å². The molecule has 2 N–H and O–H groups in total. The maximum atomic E-state index is 10.6. The second kappa shape index (κ2) is 6.88. The van der Waals surface area contributed by atoms with Crippen molar-refractivity contribution in [3.63, 3.8) is 0 Å². The summed E-state index contributed by atoms with van der Waals surface area (Å²) in [6, 6.07) is 11.0. The van der Waals surface area contributed by atoms with Crippen molar-refractivity contribution in [1.82, 2.24) is 5.32 Å². The van der Waals surface area contributed by atoms with Gasteiger partial charge in [0.1, 0.15) is 0 Å². The van der Waals surface area contributed by atoms with Gasteiger partial charge in [-0.1, -0.05) is 30.3 Å². The molecule has 7 heteroatoms. The number of benzene rings is 1. The zero-order chi connectivity index (χ0) is 17.1. The van der Waals surface area contributed by atoms with Crippen molar-refractivity contribution in [2.24, 2.45) is 5.92 Å². The molecule has 3 rings (SSSR count). The van der Waals surface area contributed by atoms with Gasteiger partial charge in [0, 0.05) is 19.1 Å². The van der Waals surface area contributed by atoms with Crippen LogP contribution in [-0.2, 0) is 14.9 Å². The van der Waals surface area contributed by atoms with Crippen LogP contribution in [0, 0.1) is 5.92 Å². The Bertz CT molecular complexity index is 535. The summed E-state index contributed by atoms with van der Waals surface area (Å²) in [5.74, 6) is -2.01. The number of alkyl halides is 3. The van der Waals surface area contributed by atoms with Gasteiger partial charge in [0.2, 0.25) is 0 Å². The first kappa shape index (κ1) is 17.7. The summed E-state index contributed by atoms with van der Waals surface area (Å²) in [7, 11) is 1.85. The highest BCUT2D eigenvalue weighted by atomic mass is 19.4. The molecule has 1 saturated carbocycles. The molecule has 0 aromatic heterocycles. The summed E-state index contributed by atoms with van der Waals surface area (Å²) in [5.41, 5.74) is 1.83. The van der Waals surface area contributed by atoms with E-state index in [0.717, 1.165) is 19.0 Å². The molecule has 3 atom stereocenters. The number of nitrogens with one attached hydrogen (secondary N) is 1. The quantitative estimate of drug-likeness (QED) is 0.875. The molecule has 1 heterocycles. The summed E-state index contributed by atoms with van der Waals surface area (Å²) < 4.78 is 37.3. The molecule has 0 spiro atoms. The lowest BCUT2D eigenvalue weighted by atomic mass is 9.75. The highest BCUT2D eigenvalue weighted by molar-refractivity contribution is 5.73. The van der Waals surface area contributed by atoms with Gasteiger partial charge in [0.05, 0.1) is 6.10 Å². The van der Waals surface area contributed by atoms with Gasteiger partial charge >= 0.3 is 12.1 Å². The molecule has 1 aromatic rings. The summed E-state index contributed by atoms with van der Waals surface area (Å²) >= 11 is 0. The van der Waals surface area contributed by atoms with Crippen LogP contribution in [0.1, 0.15) is 18.4 Å². The molecule has 2 fully saturated rings. The van der Waals surface area contributed by atoms with E-state index in [1.807, 2.05) is 7.11 Å². The van der Waals surface area contributed by atoms with Crippen molar-refractivity contribution in [2.75, 3.05) is 20.2 Å². The summed E-state index contributed by atoms with van der Waals surface area (Å²) in [6.07, 6.45) is -2.25. The molecule has 23 heavy (non-hydrogen) atoms. The first-order valence-corrected chi connectivity index (χ1v) is 7.39. The van der Waals surface area contributed by atoms with Crippen molar-refractivity contribution >= 4 is 5.97 Å². The smallest absolute Gasteiger partial charge is 0.475 e. The van der Waals surface area contributed by atoms with Crippen molar-refractivity contribution < 1.29 is 27.8 Å². The van der Waals surface area contributed by atoms with Gasteiger partial charge in [0.25, 0.3) is 0 Å². The fourth-order valence-corrected chi connectivity index (χ4v) is 3.57. The Morgan fingerprint density at radius 3 is 2.48 bits per heavy atom. The maximum Gasteiger partial charge on any atom is 0.490 e. The number of ether oxygens (including phenoxy) is 1. The molecule has 4 nitrogen and oxygen atoms in total. The van der Waals surface area contributed by atoms with E-state index in [9.17, 15) is 13.2 Å². The average Bonchev–Trinajstić information content (AvgIpc) is 3.05. The SMILES string of the molecule is CO[C@@H]1C[C@@H]2CNC[C@]2(c2ccccc2)C1.O=C(O)C(F)(F)F. The number of hydrogen-bond donors (Lipinski definition) is 2. The van der Waals surface area contributed by atoms with Crippen LogP contribution in [0.15, 0.2) is 30.3 Å². The molecular formula is C16H20F3NO3. The highest BCUT2D eigenvalue weighted by Crippen LogP contribution is 2.48. The number of aliphatic carboxylic acids is 1. The second-order valence-corrected chi connectivity index (χ2v) is 5.95. The summed E-state index contributed by atoms with van der Waals surface area (Å²) in [6.45, 7) is 2.26. The van der Waals surface area contributed by atoms with Crippen LogP contribution >= 0.6 is 0 Å². The van der Waals surface area contributed by atoms with Crippen LogP contribution in [0.4, 0.5) is 13.2 Å². The Morgan fingerprint density at radius 2 is 1.96 bits per heavy atom. The number of methoxy groups -OCH3 is 1. The largest absolute Gasteiger partial charge is 0.490 e. The first-order valence-electron chi connectivity index (χ1n) is 7.39. The lowest BCUT2D eigenvalue weighted by Gasteiger charge is -2.29. The predicted octanol–water partition coefficient (Wildman–Crippen LogP) is 2.59. The Hall–Kier alpha value is -1.60. The van der Waals surface area contributed by atoms with Crippen LogP contribution in [0.5, 0.6) is 0 Å². The normalized spacial score (nSPS) is 29.6. The number of halogens is 3. The Labute approximate surface area is 132 Å². The number of rotatable bonds is 2. The third-order valence-corrected chi connectivity index (χ3v) is 4.68. The molecular weight excluding hydrogens is 311 g/mol. The molecule has 2 aliphatic rings. The van der Waals surface area contributed by atoms with Gasteiger partial charge in [-0.15, -0.1) is 0 Å². The van der Waals surface area contributed by atoms with Crippen molar-refractivity contribution in [3.8, 4) is 0 Å². The lowest BCUT2D eigenvalue weighted by Crippen LogP contribution is -2.31. The minimum atomic E-state index is -5.08. The molecule has 128 valence electrons. The summed E-state index contributed by atoms with van der Waals surface area (Å²) in [5, 5.41) is 10.7.